The van der Waals surface area contributed by atoms with Crippen LogP contribution in [0.15, 0.2) is 64.5 Å². The van der Waals surface area contributed by atoms with Crippen LogP contribution in [0.1, 0.15) is 29.0 Å². The van der Waals surface area contributed by atoms with Gasteiger partial charge in [-0.15, -0.1) is 0 Å². The van der Waals surface area contributed by atoms with Crippen LogP contribution < -0.4 is 10.9 Å². The number of carbonyl (C=O) groups is 1. The number of fused-ring (bicyclic) bond motifs is 1. The molecule has 4 rings (SSSR count). The van der Waals surface area contributed by atoms with Crippen LogP contribution >= 0.6 is 23.4 Å². The molecule has 1 aliphatic heterocycles. The van der Waals surface area contributed by atoms with Crippen molar-refractivity contribution in [1.82, 2.24) is 9.55 Å². The minimum absolute atomic E-state index is 0.107. The molecule has 1 atom stereocenters. The van der Waals surface area contributed by atoms with E-state index in [1.165, 1.54) is 11.8 Å². The highest BCUT2D eigenvalue weighted by molar-refractivity contribution is 7.98. The molecule has 28 heavy (non-hydrogen) atoms. The van der Waals surface area contributed by atoms with Crippen LogP contribution in [0.2, 0.25) is 5.02 Å². The molecule has 0 fully saturated rings. The summed E-state index contributed by atoms with van der Waals surface area (Å²) >= 11 is 7.64. The molecule has 2 heterocycles. The maximum absolute atomic E-state index is 12.9. The van der Waals surface area contributed by atoms with Crippen LogP contribution in [0.4, 0.5) is 5.82 Å². The molecule has 0 radical (unpaired) electrons. The van der Waals surface area contributed by atoms with E-state index >= 15 is 0 Å². The van der Waals surface area contributed by atoms with E-state index in [4.69, 9.17) is 11.6 Å². The van der Waals surface area contributed by atoms with Crippen molar-refractivity contribution in [2.75, 3.05) is 5.32 Å². The van der Waals surface area contributed by atoms with Gasteiger partial charge in [0.1, 0.15) is 5.82 Å². The molecule has 1 N–H and O–H groups in total. The Balaban J connectivity index is 1.72. The largest absolute Gasteiger partial charge is 0.312 e. The minimum Gasteiger partial charge on any atom is -0.312 e. The summed E-state index contributed by atoms with van der Waals surface area (Å²) in [6, 6.07) is 17.2. The zero-order chi connectivity index (χ0) is 19.7. The number of anilines is 1. The summed E-state index contributed by atoms with van der Waals surface area (Å²) in [6.07, 6.45) is 0.236. The zero-order valence-corrected chi connectivity index (χ0v) is 16.8. The maximum Gasteiger partial charge on any atom is 0.279 e. The molecule has 142 valence electrons. The first-order valence-electron chi connectivity index (χ1n) is 8.86. The molecule has 1 amide bonds. The fourth-order valence-corrected chi connectivity index (χ4v) is 4.64. The Kier molecular flexibility index (Phi) is 5.24. The Morgan fingerprint density at radius 1 is 1.14 bits per heavy atom. The van der Waals surface area contributed by atoms with Gasteiger partial charge in [0, 0.05) is 30.2 Å². The first kappa shape index (κ1) is 18.8. The maximum atomic E-state index is 12.9. The summed E-state index contributed by atoms with van der Waals surface area (Å²) in [6.45, 7) is 0. The summed E-state index contributed by atoms with van der Waals surface area (Å²) in [7, 11) is 1.81. The fourth-order valence-electron chi connectivity index (χ4n) is 3.39. The van der Waals surface area contributed by atoms with Crippen LogP contribution in [0.25, 0.3) is 0 Å². The lowest BCUT2D eigenvalue weighted by Gasteiger charge is -2.27. The summed E-state index contributed by atoms with van der Waals surface area (Å²) in [4.78, 5) is 29.5. The second-order valence-corrected chi connectivity index (χ2v) is 7.97. The van der Waals surface area contributed by atoms with E-state index in [9.17, 15) is 9.59 Å². The van der Waals surface area contributed by atoms with Gasteiger partial charge in [-0.25, -0.2) is 0 Å². The molecule has 0 bridgehead atoms. The molecule has 7 heteroatoms. The Morgan fingerprint density at radius 3 is 2.61 bits per heavy atom. The van der Waals surface area contributed by atoms with Crippen LogP contribution in [0, 0.1) is 0 Å². The Hall–Kier alpha value is -2.57. The van der Waals surface area contributed by atoms with Gasteiger partial charge in [-0.1, -0.05) is 71.9 Å². The quantitative estimate of drug-likeness (QED) is 0.516. The molecule has 0 spiro atoms. The Labute approximate surface area is 171 Å². The number of halogens is 1. The van der Waals surface area contributed by atoms with Gasteiger partial charge in [0.15, 0.2) is 5.16 Å². The molecule has 1 unspecified atom stereocenters. The highest BCUT2D eigenvalue weighted by atomic mass is 35.5. The van der Waals surface area contributed by atoms with Crippen molar-refractivity contribution >= 4 is 35.1 Å². The average Bonchev–Trinajstić information content (AvgIpc) is 2.70. The molecular weight excluding hydrogens is 394 g/mol. The van der Waals surface area contributed by atoms with Gasteiger partial charge < -0.3 is 9.88 Å². The number of aromatic nitrogens is 2. The minimum atomic E-state index is -0.302. The lowest BCUT2D eigenvalue weighted by atomic mass is 9.87. The number of amides is 1. The normalized spacial score (nSPS) is 15.8. The van der Waals surface area contributed by atoms with E-state index in [-0.39, 0.29) is 23.8 Å². The van der Waals surface area contributed by atoms with Crippen molar-refractivity contribution in [3.63, 3.8) is 0 Å². The predicted octanol–water partition coefficient (Wildman–Crippen LogP) is 4.20. The molecular formula is C21H18ClN3O2S. The summed E-state index contributed by atoms with van der Waals surface area (Å²) in [5, 5.41) is 4.08. The smallest absolute Gasteiger partial charge is 0.279 e. The van der Waals surface area contributed by atoms with Gasteiger partial charge in [-0.2, -0.15) is 4.98 Å². The van der Waals surface area contributed by atoms with Crippen molar-refractivity contribution in [2.45, 2.75) is 23.2 Å². The van der Waals surface area contributed by atoms with Crippen LogP contribution in [0.3, 0.4) is 0 Å². The number of thioether (sulfide) groups is 1. The molecule has 0 saturated heterocycles. The third-order valence-electron chi connectivity index (χ3n) is 4.82. The Bertz CT molecular complexity index is 1100. The number of hydrogen-bond acceptors (Lipinski definition) is 4. The van der Waals surface area contributed by atoms with Gasteiger partial charge in [0.05, 0.1) is 5.56 Å². The second kappa shape index (κ2) is 7.81. The van der Waals surface area contributed by atoms with E-state index in [0.717, 1.165) is 11.1 Å². The third kappa shape index (κ3) is 3.57. The summed E-state index contributed by atoms with van der Waals surface area (Å²) < 4.78 is 1.78. The highest BCUT2D eigenvalue weighted by Gasteiger charge is 2.31. The predicted molar refractivity (Wildman–Crippen MR) is 112 cm³/mol. The van der Waals surface area contributed by atoms with Crippen molar-refractivity contribution < 1.29 is 4.79 Å². The standard InChI is InChI=1S/C21H18ClN3O2S/c1-25-19-18(15(11-17(26)23-19)13-7-3-2-4-8-13)20(27)24-21(25)28-12-14-9-5-6-10-16(14)22/h2-10,15H,11-12H2,1H3,(H,23,26). The monoisotopic (exact) mass is 411 g/mol. The first-order valence-corrected chi connectivity index (χ1v) is 10.2. The van der Waals surface area contributed by atoms with E-state index < -0.39 is 0 Å². The molecule has 1 aromatic heterocycles. The second-order valence-electron chi connectivity index (χ2n) is 6.62. The van der Waals surface area contributed by atoms with Gasteiger partial charge in [-0.05, 0) is 17.2 Å². The average molecular weight is 412 g/mol. The lowest BCUT2D eigenvalue weighted by Crippen LogP contribution is -2.33. The SMILES string of the molecule is Cn1c(SCc2ccccc2Cl)nc(=O)c2c1NC(=O)CC2c1ccccc1. The van der Waals surface area contributed by atoms with Crippen molar-refractivity contribution in [2.24, 2.45) is 7.05 Å². The Morgan fingerprint density at radius 2 is 1.86 bits per heavy atom. The summed E-state index contributed by atoms with van der Waals surface area (Å²) in [5.41, 5.74) is 2.14. The van der Waals surface area contributed by atoms with Crippen LogP contribution in [-0.4, -0.2) is 15.5 Å². The third-order valence-corrected chi connectivity index (χ3v) is 6.26. The van der Waals surface area contributed by atoms with Gasteiger partial charge in [0.25, 0.3) is 5.56 Å². The molecule has 1 aliphatic rings. The van der Waals surface area contributed by atoms with Crippen molar-refractivity contribution in [3.8, 4) is 0 Å². The number of nitrogens with zero attached hydrogens (tertiary/aromatic N) is 2. The van der Waals surface area contributed by atoms with Gasteiger partial charge in [-0.3, -0.25) is 9.59 Å². The first-order chi connectivity index (χ1) is 13.5. The molecule has 3 aromatic rings. The number of hydrogen-bond donors (Lipinski definition) is 1. The van der Waals surface area contributed by atoms with E-state index in [0.29, 0.717) is 27.3 Å². The zero-order valence-electron chi connectivity index (χ0n) is 15.2. The molecule has 0 saturated carbocycles. The van der Waals surface area contributed by atoms with E-state index in [2.05, 4.69) is 10.3 Å². The molecule has 2 aromatic carbocycles. The van der Waals surface area contributed by atoms with E-state index in [1.54, 1.807) is 4.57 Å². The topological polar surface area (TPSA) is 64.0 Å². The number of carbonyl (C=O) groups excluding carboxylic acids is 1. The number of nitrogens with one attached hydrogen (secondary N) is 1. The van der Waals surface area contributed by atoms with E-state index in [1.807, 2.05) is 61.6 Å². The van der Waals surface area contributed by atoms with Crippen molar-refractivity contribution in [3.05, 3.63) is 86.7 Å². The lowest BCUT2D eigenvalue weighted by molar-refractivity contribution is -0.116. The highest BCUT2D eigenvalue weighted by Crippen LogP contribution is 2.36. The van der Waals surface area contributed by atoms with Crippen molar-refractivity contribution in [1.29, 1.82) is 0 Å². The molecule has 5 nitrogen and oxygen atoms in total. The van der Waals surface area contributed by atoms with Gasteiger partial charge >= 0.3 is 0 Å². The number of benzene rings is 2. The van der Waals surface area contributed by atoms with Crippen LogP contribution in [0.5, 0.6) is 0 Å². The fraction of sp³-hybridized carbons (Fsp3) is 0.190. The number of rotatable bonds is 4. The summed E-state index contributed by atoms with van der Waals surface area (Å²) in [5.74, 6) is 0.699. The van der Waals surface area contributed by atoms with Crippen LogP contribution in [-0.2, 0) is 17.6 Å². The van der Waals surface area contributed by atoms with Gasteiger partial charge in [0.2, 0.25) is 5.91 Å². The molecule has 0 aliphatic carbocycles.